The first-order valence-electron chi connectivity index (χ1n) is 49.6. The maximum atomic E-state index is 6.55. The third-order valence-electron chi connectivity index (χ3n) is 30.4. The molecular weight excluding hydrogens is 1770 g/mol. The van der Waals surface area contributed by atoms with Gasteiger partial charge >= 0.3 is 0 Å². The summed E-state index contributed by atoms with van der Waals surface area (Å²) in [5.74, 6) is 14.1. The molecule has 1 aromatic heterocycles. The molecule has 9 heterocycles. The summed E-state index contributed by atoms with van der Waals surface area (Å²) < 4.78 is 54.6. The van der Waals surface area contributed by atoms with E-state index in [2.05, 4.69) is 435 Å². The Labute approximate surface area is 836 Å². The van der Waals surface area contributed by atoms with E-state index in [-0.39, 0.29) is 26.9 Å². The minimum absolute atomic E-state index is 0.0825. The number of hydrogen-bond acceptors (Lipinski definition) is 8. The van der Waals surface area contributed by atoms with Crippen LogP contribution in [-0.4, -0.2) is 31.4 Å². The van der Waals surface area contributed by atoms with Gasteiger partial charge in [-0.05, 0) is 274 Å². The Morgan fingerprint density at radius 1 is 0.138 bits per heavy atom. The zero-order chi connectivity index (χ0) is 95.0. The molecule has 672 valence electrons. The Morgan fingerprint density at radius 2 is 0.386 bits per heavy atom. The number of fused-ring (bicyclic) bond motifs is 29. The topological polar surface area (TPSA) is 78.8 Å². The molecule has 145 heavy (non-hydrogen) atoms. The monoisotopic (exact) mass is 1850 g/mol. The first-order valence-corrected chi connectivity index (χ1v) is 49.6. The van der Waals surface area contributed by atoms with E-state index >= 15 is 0 Å². The van der Waals surface area contributed by atoms with Crippen LogP contribution >= 0.6 is 0 Å². The fraction of sp³-hybridized carbons (Fsp3) is 0. The molecule has 0 bridgehead atoms. The molecule has 0 amide bonds. The molecule has 0 aliphatic carbocycles. The zero-order valence-electron chi connectivity index (χ0n) is 78.1. The van der Waals surface area contributed by atoms with Crippen LogP contribution in [0.1, 0.15) is 0 Å². The number of benzene rings is 24. The van der Waals surface area contributed by atoms with Crippen molar-refractivity contribution in [1.29, 1.82) is 0 Å². The Kier molecular flexibility index (Phi) is 18.7. The average Bonchev–Trinajstić information content (AvgIpc) is 1.24. The molecule has 13 heteroatoms. The molecule has 25 aromatic rings. The van der Waals surface area contributed by atoms with Gasteiger partial charge in [-0.15, -0.1) is 0 Å². The van der Waals surface area contributed by atoms with Crippen LogP contribution < -0.4 is 103 Å². The van der Waals surface area contributed by atoms with Gasteiger partial charge in [0.1, 0.15) is 92.0 Å². The van der Waals surface area contributed by atoms with Gasteiger partial charge in [0, 0.05) is 44.8 Å². The maximum Gasteiger partial charge on any atom is 0.260 e. The number of nitrogens with zero attached hydrogens (tertiary/aromatic N) is 1. The molecule has 24 aromatic carbocycles. The van der Waals surface area contributed by atoms with Crippen molar-refractivity contribution in [2.45, 2.75) is 0 Å². The first kappa shape index (κ1) is 82.2. The van der Waals surface area contributed by atoms with Crippen molar-refractivity contribution in [3.05, 3.63) is 479 Å². The lowest BCUT2D eigenvalue weighted by Gasteiger charge is -2.33. The van der Waals surface area contributed by atoms with Crippen molar-refractivity contribution in [3.63, 3.8) is 0 Å². The predicted octanol–water partition coefficient (Wildman–Crippen LogP) is 26.3. The van der Waals surface area contributed by atoms with Crippen LogP contribution in [0.5, 0.6) is 92.0 Å². The Balaban J connectivity index is 0.0000000899. The molecule has 0 spiro atoms. The van der Waals surface area contributed by atoms with Gasteiger partial charge in [0.2, 0.25) is 0 Å². The van der Waals surface area contributed by atoms with Crippen LogP contribution in [-0.2, 0) is 0 Å². The third kappa shape index (κ3) is 13.2. The Morgan fingerprint density at radius 3 is 0.752 bits per heavy atom. The average molecular weight is 1850 g/mol. The number of ether oxygens (including phenoxy) is 8. The molecule has 33 rings (SSSR count). The summed E-state index contributed by atoms with van der Waals surface area (Å²) in [5, 5.41) is 17.5. The minimum atomic E-state index is 0.0825. The SMILES string of the molecule is c1ccc(-c2cc3ccccc3cc2-c2cc3c4c(c2)Oc2ccccc2B4c2ccccc2O3)cc1.c1ccc2c(c1)Oc1cc(-c3cc4ccccc4c4ccccc34)cc3c1B2c1ccccc1O3.c1ccc2c(c1)Oc1cc(-c3ccc4c5ccccc5c5ccccc5c4c3)cc3c1B2c1ccccc1O3.c1ccc2c(c1)Oc1cc(-n3c4ccccc4c4ccccc43)cc3c1B2c1ccccc1O3. The smallest absolute Gasteiger partial charge is 0.260 e. The fourth-order valence-corrected chi connectivity index (χ4v) is 24.1. The molecule has 0 radical (unpaired) electrons. The molecule has 0 fully saturated rings. The lowest BCUT2D eigenvalue weighted by Crippen LogP contribution is -2.57. The second-order valence-corrected chi connectivity index (χ2v) is 38.4. The number of aromatic nitrogens is 1. The summed E-state index contributed by atoms with van der Waals surface area (Å²) in [5.41, 5.74) is 26.3. The molecule has 9 nitrogen and oxygen atoms in total. The van der Waals surface area contributed by atoms with Gasteiger partial charge in [0.25, 0.3) is 26.9 Å². The van der Waals surface area contributed by atoms with E-state index < -0.39 is 0 Å². The summed E-state index contributed by atoms with van der Waals surface area (Å²) in [7, 11) is 0. The van der Waals surface area contributed by atoms with E-state index in [0.29, 0.717) is 0 Å². The molecule has 0 unspecified atom stereocenters. The van der Waals surface area contributed by atoms with E-state index in [1.54, 1.807) is 0 Å². The van der Waals surface area contributed by atoms with Crippen LogP contribution in [0.25, 0.3) is 137 Å². The largest absolute Gasteiger partial charge is 0.458 e. The number of rotatable bonds is 5. The van der Waals surface area contributed by atoms with Crippen molar-refractivity contribution in [2.24, 2.45) is 0 Å². The van der Waals surface area contributed by atoms with Crippen molar-refractivity contribution < 1.29 is 37.9 Å². The second-order valence-electron chi connectivity index (χ2n) is 38.4. The van der Waals surface area contributed by atoms with Crippen LogP contribution in [0, 0.1) is 0 Å². The molecule has 8 aliphatic heterocycles. The molecular formula is C132H79B4NO8. The standard InChI is InChI=1S/C36H21BO2.C34H21BO2.C32H19BO2.C30H18BNO2/c1-2-11-26-24(9-1)25-10-3-4-12-27(25)29-19-22(17-18-28(26)29)23-20-34-36-35(21-23)39-33-16-8-6-14-31(33)37(36)30-13-5-7-15-32(30)38-34;1-2-10-22(11-3-1)26-18-23-12-4-5-13-24(23)19-27(26)25-20-32-34-33(21-25)37-31-17-9-7-15-29(31)35(34)28-14-6-8-16-30(28)36-32;1-2-10-22-20(9-1)17-25(24-12-4-3-11-23(22)24)21-18-30-32-31(19-21)35-29-16-8-6-14-27(29)33(32)26-13-5-7-15-28(26)34-30;1-5-13-24-20(9-1)21-10-2-6-14-25(21)32(24)19-17-28-30-29(18-19)34-27-16-8-4-12-23(27)31(30)22-11-3-7-15-26(22)33-28/h1-21H;1-21H;1-19H;1-18H. The molecule has 0 saturated carbocycles. The third-order valence-corrected chi connectivity index (χ3v) is 30.4. The highest BCUT2D eigenvalue weighted by atomic mass is 16.5. The number of para-hydroxylation sites is 10. The highest BCUT2D eigenvalue weighted by Gasteiger charge is 2.46. The van der Waals surface area contributed by atoms with Crippen LogP contribution in [0.4, 0.5) is 0 Å². The maximum absolute atomic E-state index is 6.55. The lowest BCUT2D eigenvalue weighted by atomic mass is 9.35. The van der Waals surface area contributed by atoms with Crippen molar-refractivity contribution in [1.82, 2.24) is 4.57 Å². The highest BCUT2D eigenvalue weighted by molar-refractivity contribution is 7.00. The first-order chi connectivity index (χ1) is 71.9. The summed E-state index contributed by atoms with van der Waals surface area (Å²) in [4.78, 5) is 0. The van der Waals surface area contributed by atoms with Gasteiger partial charge in [-0.3, -0.25) is 0 Å². The summed E-state index contributed by atoms with van der Waals surface area (Å²) in [6, 6.07) is 169. The minimum Gasteiger partial charge on any atom is -0.458 e. The summed E-state index contributed by atoms with van der Waals surface area (Å²) >= 11 is 0. The van der Waals surface area contributed by atoms with Gasteiger partial charge in [0.05, 0.1) is 16.7 Å². The summed E-state index contributed by atoms with van der Waals surface area (Å²) in [6.45, 7) is 0.356. The Hall–Kier alpha value is -18.7. The molecule has 8 aliphatic rings. The van der Waals surface area contributed by atoms with Crippen LogP contribution in [0.15, 0.2) is 479 Å². The number of hydrogen-bond donors (Lipinski definition) is 0. The molecule has 0 saturated heterocycles. The van der Waals surface area contributed by atoms with E-state index in [1.807, 2.05) is 48.5 Å². The second kappa shape index (κ2) is 33.0. The van der Waals surface area contributed by atoms with Crippen LogP contribution in [0.2, 0.25) is 0 Å². The van der Waals surface area contributed by atoms with E-state index in [9.17, 15) is 0 Å². The van der Waals surface area contributed by atoms with Gasteiger partial charge in [0.15, 0.2) is 0 Å². The van der Waals surface area contributed by atoms with E-state index in [4.69, 9.17) is 37.9 Å². The Bertz CT molecular complexity index is 9450. The quantitative estimate of drug-likeness (QED) is 0.125. The van der Waals surface area contributed by atoms with Gasteiger partial charge in [-0.2, -0.15) is 0 Å². The van der Waals surface area contributed by atoms with Crippen molar-refractivity contribution in [2.75, 3.05) is 0 Å². The van der Waals surface area contributed by atoms with Crippen molar-refractivity contribution >= 4 is 179 Å². The van der Waals surface area contributed by atoms with Gasteiger partial charge < -0.3 is 42.5 Å². The fourth-order valence-electron chi connectivity index (χ4n) is 24.1. The lowest BCUT2D eigenvalue weighted by molar-refractivity contribution is 0.464. The normalized spacial score (nSPS) is 12.9. The molecule has 0 atom stereocenters. The van der Waals surface area contributed by atoms with E-state index in [1.165, 1.54) is 147 Å². The summed E-state index contributed by atoms with van der Waals surface area (Å²) in [6.07, 6.45) is 0. The zero-order valence-corrected chi connectivity index (χ0v) is 78.1. The van der Waals surface area contributed by atoms with Gasteiger partial charge in [-0.1, -0.05) is 346 Å². The van der Waals surface area contributed by atoms with Gasteiger partial charge in [-0.25, -0.2) is 0 Å². The van der Waals surface area contributed by atoms with Crippen molar-refractivity contribution in [3.8, 4) is 142 Å². The molecule has 0 N–H and O–H groups in total. The highest BCUT2D eigenvalue weighted by Crippen LogP contribution is 2.49. The van der Waals surface area contributed by atoms with E-state index in [0.717, 1.165) is 147 Å². The van der Waals surface area contributed by atoms with Crippen LogP contribution in [0.3, 0.4) is 0 Å². The predicted molar refractivity (Wildman–Crippen MR) is 598 cm³/mol.